The van der Waals surface area contributed by atoms with Crippen LogP contribution in [0.2, 0.25) is 0 Å². The summed E-state index contributed by atoms with van der Waals surface area (Å²) in [6.45, 7) is 1.66. The van der Waals surface area contributed by atoms with E-state index in [2.05, 4.69) is 11.4 Å². The second-order valence-electron chi connectivity index (χ2n) is 3.67. The summed E-state index contributed by atoms with van der Waals surface area (Å²) < 4.78 is 5.07. The van der Waals surface area contributed by atoms with E-state index in [1.807, 2.05) is 0 Å². The van der Waals surface area contributed by atoms with E-state index in [-0.39, 0.29) is 5.92 Å². The van der Waals surface area contributed by atoms with Crippen LogP contribution in [0.15, 0.2) is 0 Å². The molecule has 0 radical (unpaired) electrons. The summed E-state index contributed by atoms with van der Waals surface area (Å²) in [6.07, 6.45) is 3.43. The molecule has 1 aliphatic heterocycles. The zero-order chi connectivity index (χ0) is 8.39. The quantitative estimate of drug-likeness (QED) is 0.655. The van der Waals surface area contributed by atoms with E-state index in [0.29, 0.717) is 12.1 Å². The van der Waals surface area contributed by atoms with Crippen LogP contribution in [-0.4, -0.2) is 25.3 Å². The van der Waals surface area contributed by atoms with Gasteiger partial charge in [-0.25, -0.2) is 0 Å². The second-order valence-corrected chi connectivity index (χ2v) is 3.67. The Morgan fingerprint density at radius 3 is 2.75 bits per heavy atom. The Kier molecular flexibility index (Phi) is 2.29. The zero-order valence-electron chi connectivity index (χ0n) is 7.12. The smallest absolute Gasteiger partial charge is 0.0672 e. The van der Waals surface area contributed by atoms with Gasteiger partial charge in [0.05, 0.1) is 31.2 Å². The molecule has 3 heteroatoms. The summed E-state index contributed by atoms with van der Waals surface area (Å²) in [5.41, 5.74) is 0. The molecule has 2 atom stereocenters. The summed E-state index contributed by atoms with van der Waals surface area (Å²) in [6, 6.07) is 3.32. The number of rotatable bonds is 2. The third-order valence-corrected chi connectivity index (χ3v) is 2.77. The Hall–Kier alpha value is -0.590. The largest absolute Gasteiger partial charge is 0.378 e. The van der Waals surface area contributed by atoms with E-state index in [0.717, 1.165) is 26.1 Å². The van der Waals surface area contributed by atoms with Gasteiger partial charge >= 0.3 is 0 Å². The van der Waals surface area contributed by atoms with Crippen molar-refractivity contribution in [3.05, 3.63) is 0 Å². The molecule has 1 saturated heterocycles. The highest BCUT2D eigenvalue weighted by molar-refractivity contribution is 4.98. The molecule has 0 spiro atoms. The number of nitriles is 1. The van der Waals surface area contributed by atoms with Gasteiger partial charge in [0.15, 0.2) is 0 Å². The lowest BCUT2D eigenvalue weighted by Crippen LogP contribution is -2.51. The summed E-state index contributed by atoms with van der Waals surface area (Å²) in [4.78, 5) is 0. The maximum absolute atomic E-state index is 8.82. The summed E-state index contributed by atoms with van der Waals surface area (Å²) in [7, 11) is 0. The van der Waals surface area contributed by atoms with Crippen LogP contribution in [0.4, 0.5) is 0 Å². The molecule has 66 valence electrons. The van der Waals surface area contributed by atoms with Gasteiger partial charge in [-0.05, 0) is 12.8 Å². The van der Waals surface area contributed by atoms with Gasteiger partial charge in [0.25, 0.3) is 0 Å². The van der Waals surface area contributed by atoms with Gasteiger partial charge in [-0.15, -0.1) is 0 Å². The van der Waals surface area contributed by atoms with Crippen LogP contribution in [0, 0.1) is 17.2 Å². The highest BCUT2D eigenvalue weighted by atomic mass is 16.5. The van der Waals surface area contributed by atoms with E-state index in [4.69, 9.17) is 10.00 Å². The van der Waals surface area contributed by atoms with Crippen molar-refractivity contribution in [2.75, 3.05) is 13.2 Å². The van der Waals surface area contributed by atoms with Crippen LogP contribution in [-0.2, 0) is 4.74 Å². The molecule has 2 fully saturated rings. The highest BCUT2D eigenvalue weighted by Gasteiger charge is 2.30. The first kappa shape index (κ1) is 8.03. The number of ether oxygens (including phenoxy) is 1. The van der Waals surface area contributed by atoms with Crippen LogP contribution < -0.4 is 5.32 Å². The molecule has 1 N–H and O–H groups in total. The molecule has 0 aromatic heterocycles. The third kappa shape index (κ3) is 1.45. The average Bonchev–Trinajstić information content (AvgIpc) is 2.43. The van der Waals surface area contributed by atoms with Crippen LogP contribution in [0.5, 0.6) is 0 Å². The minimum atomic E-state index is 0.241. The minimum absolute atomic E-state index is 0.241. The SMILES string of the molecule is N#CC1CCCC1NC1COC1. The average molecular weight is 166 g/mol. The van der Waals surface area contributed by atoms with Gasteiger partial charge in [0.1, 0.15) is 0 Å². The first-order chi connectivity index (χ1) is 5.90. The predicted octanol–water partition coefficient (Wildman–Crippen LogP) is 0.667. The Labute approximate surface area is 72.7 Å². The minimum Gasteiger partial charge on any atom is -0.378 e. The Morgan fingerprint density at radius 1 is 1.33 bits per heavy atom. The molecule has 2 aliphatic rings. The van der Waals surface area contributed by atoms with Crippen LogP contribution in [0.3, 0.4) is 0 Å². The lowest BCUT2D eigenvalue weighted by atomic mass is 10.0. The lowest BCUT2D eigenvalue weighted by Gasteiger charge is -2.30. The molecule has 0 bridgehead atoms. The summed E-state index contributed by atoms with van der Waals surface area (Å²) in [5.74, 6) is 0.241. The third-order valence-electron chi connectivity index (χ3n) is 2.77. The van der Waals surface area contributed by atoms with E-state index < -0.39 is 0 Å². The normalized spacial score (nSPS) is 35.9. The maximum Gasteiger partial charge on any atom is 0.0672 e. The van der Waals surface area contributed by atoms with Crippen molar-refractivity contribution >= 4 is 0 Å². The van der Waals surface area contributed by atoms with Crippen molar-refractivity contribution in [3.63, 3.8) is 0 Å². The fraction of sp³-hybridized carbons (Fsp3) is 0.889. The summed E-state index contributed by atoms with van der Waals surface area (Å²) >= 11 is 0. The van der Waals surface area contributed by atoms with Gasteiger partial charge < -0.3 is 10.1 Å². The highest BCUT2D eigenvalue weighted by Crippen LogP contribution is 2.25. The number of nitrogens with one attached hydrogen (secondary N) is 1. The van der Waals surface area contributed by atoms with Crippen molar-refractivity contribution in [1.82, 2.24) is 5.32 Å². The molecule has 0 aromatic carbocycles. The van der Waals surface area contributed by atoms with Crippen LogP contribution in [0.25, 0.3) is 0 Å². The molecule has 1 heterocycles. The number of hydrogen-bond acceptors (Lipinski definition) is 3. The second kappa shape index (κ2) is 3.42. The topological polar surface area (TPSA) is 45.0 Å². The standard InChI is InChI=1S/C9H14N2O/c10-4-7-2-1-3-9(7)11-8-5-12-6-8/h7-9,11H,1-3,5-6H2. The first-order valence-electron chi connectivity index (χ1n) is 4.63. The lowest BCUT2D eigenvalue weighted by molar-refractivity contribution is -0.0109. The molecule has 0 aromatic rings. The summed E-state index contributed by atoms with van der Waals surface area (Å²) in [5, 5.41) is 12.3. The fourth-order valence-electron chi connectivity index (χ4n) is 1.95. The molecule has 1 saturated carbocycles. The van der Waals surface area contributed by atoms with Crippen LogP contribution >= 0.6 is 0 Å². The van der Waals surface area contributed by atoms with Crippen molar-refractivity contribution in [3.8, 4) is 6.07 Å². The van der Waals surface area contributed by atoms with Crippen molar-refractivity contribution < 1.29 is 4.74 Å². The molecular formula is C9H14N2O. The van der Waals surface area contributed by atoms with E-state index >= 15 is 0 Å². The Balaban J connectivity index is 1.82. The van der Waals surface area contributed by atoms with E-state index in [1.54, 1.807) is 0 Å². The van der Waals surface area contributed by atoms with Crippen molar-refractivity contribution in [1.29, 1.82) is 5.26 Å². The van der Waals surface area contributed by atoms with Crippen LogP contribution in [0.1, 0.15) is 19.3 Å². The molecule has 2 unspecified atom stereocenters. The molecular weight excluding hydrogens is 152 g/mol. The maximum atomic E-state index is 8.82. The Bertz CT molecular complexity index is 195. The van der Waals surface area contributed by atoms with E-state index in [9.17, 15) is 0 Å². The van der Waals surface area contributed by atoms with E-state index in [1.165, 1.54) is 6.42 Å². The first-order valence-corrected chi connectivity index (χ1v) is 4.63. The van der Waals surface area contributed by atoms with Gasteiger partial charge in [-0.3, -0.25) is 0 Å². The van der Waals surface area contributed by atoms with Gasteiger partial charge in [-0.2, -0.15) is 5.26 Å². The van der Waals surface area contributed by atoms with Gasteiger partial charge in [0, 0.05) is 6.04 Å². The molecule has 1 aliphatic carbocycles. The number of nitrogens with zero attached hydrogens (tertiary/aromatic N) is 1. The zero-order valence-corrected chi connectivity index (χ0v) is 7.12. The predicted molar refractivity (Wildman–Crippen MR) is 44.5 cm³/mol. The van der Waals surface area contributed by atoms with Gasteiger partial charge in [0.2, 0.25) is 0 Å². The molecule has 12 heavy (non-hydrogen) atoms. The molecule has 0 amide bonds. The fourth-order valence-corrected chi connectivity index (χ4v) is 1.95. The van der Waals surface area contributed by atoms with Gasteiger partial charge in [-0.1, -0.05) is 6.42 Å². The number of hydrogen-bond donors (Lipinski definition) is 1. The molecule has 3 nitrogen and oxygen atoms in total. The Morgan fingerprint density at radius 2 is 2.17 bits per heavy atom. The van der Waals surface area contributed by atoms with Crippen molar-refractivity contribution in [2.45, 2.75) is 31.3 Å². The molecule has 2 rings (SSSR count). The monoisotopic (exact) mass is 166 g/mol. The van der Waals surface area contributed by atoms with Crippen molar-refractivity contribution in [2.24, 2.45) is 5.92 Å².